The van der Waals surface area contributed by atoms with Crippen molar-refractivity contribution in [1.82, 2.24) is 4.90 Å². The lowest BCUT2D eigenvalue weighted by Crippen LogP contribution is -2.49. The summed E-state index contributed by atoms with van der Waals surface area (Å²) >= 11 is 6.11. The maximum absolute atomic E-state index is 12.4. The van der Waals surface area contributed by atoms with Gasteiger partial charge in [-0.15, -0.1) is 0 Å². The fourth-order valence-electron chi connectivity index (χ4n) is 2.52. The van der Waals surface area contributed by atoms with Crippen LogP contribution in [-0.2, 0) is 9.59 Å². The second kappa shape index (κ2) is 7.05. The highest BCUT2D eigenvalue weighted by atomic mass is 35.5. The van der Waals surface area contributed by atoms with E-state index in [-0.39, 0.29) is 23.8 Å². The highest BCUT2D eigenvalue weighted by Gasteiger charge is 2.48. The molecule has 24 heavy (non-hydrogen) atoms. The summed E-state index contributed by atoms with van der Waals surface area (Å²) in [5.41, 5.74) is -0.937. The fourth-order valence-corrected chi connectivity index (χ4v) is 2.86. The third-order valence-electron chi connectivity index (χ3n) is 4.34. The summed E-state index contributed by atoms with van der Waals surface area (Å²) in [6.07, 6.45) is 8.07. The molecule has 1 aliphatic carbocycles. The van der Waals surface area contributed by atoms with E-state index >= 15 is 0 Å². The third kappa shape index (κ3) is 3.24. The van der Waals surface area contributed by atoms with E-state index in [4.69, 9.17) is 11.6 Å². The molecule has 2 rings (SSSR count). The SMILES string of the molecule is CC[C@H](C)/C=C/C1=CC2=C(Cl)C(=O)[C@@](C)(O)C(=O)C2=CN1CCO. The third-order valence-corrected chi connectivity index (χ3v) is 4.72. The summed E-state index contributed by atoms with van der Waals surface area (Å²) < 4.78 is 0. The second-order valence-corrected chi connectivity index (χ2v) is 6.61. The van der Waals surface area contributed by atoms with Crippen molar-refractivity contribution in [2.45, 2.75) is 32.8 Å². The molecule has 0 saturated heterocycles. The molecule has 0 aromatic carbocycles. The van der Waals surface area contributed by atoms with Crippen molar-refractivity contribution in [3.05, 3.63) is 46.3 Å². The van der Waals surface area contributed by atoms with Crippen LogP contribution in [0.5, 0.6) is 0 Å². The van der Waals surface area contributed by atoms with Gasteiger partial charge in [-0.05, 0) is 25.0 Å². The van der Waals surface area contributed by atoms with Crippen LogP contribution in [0.1, 0.15) is 27.2 Å². The number of carbonyl (C=O) groups excluding carboxylic acids is 2. The Morgan fingerprint density at radius 2 is 2.04 bits per heavy atom. The first-order chi connectivity index (χ1) is 11.2. The predicted octanol–water partition coefficient (Wildman–Crippen LogP) is 2.06. The largest absolute Gasteiger partial charge is 0.395 e. The van der Waals surface area contributed by atoms with Gasteiger partial charge in [-0.1, -0.05) is 37.9 Å². The number of hydrogen-bond acceptors (Lipinski definition) is 5. The highest BCUT2D eigenvalue weighted by Crippen LogP contribution is 2.37. The highest BCUT2D eigenvalue weighted by molar-refractivity contribution is 6.49. The molecule has 0 aromatic rings. The Hall–Kier alpha value is -1.69. The van der Waals surface area contributed by atoms with Gasteiger partial charge < -0.3 is 15.1 Å². The van der Waals surface area contributed by atoms with Gasteiger partial charge in [0.1, 0.15) is 0 Å². The van der Waals surface area contributed by atoms with Gasteiger partial charge in [0.05, 0.1) is 11.6 Å². The predicted molar refractivity (Wildman–Crippen MR) is 92.1 cm³/mol. The number of fused-ring (bicyclic) bond motifs is 1. The van der Waals surface area contributed by atoms with E-state index in [1.807, 2.05) is 12.2 Å². The van der Waals surface area contributed by atoms with Crippen LogP contribution in [0.3, 0.4) is 0 Å². The van der Waals surface area contributed by atoms with Gasteiger partial charge in [0, 0.05) is 29.6 Å². The lowest BCUT2D eigenvalue weighted by atomic mass is 9.79. The average molecular weight is 352 g/mol. The van der Waals surface area contributed by atoms with Crippen molar-refractivity contribution < 1.29 is 19.8 Å². The van der Waals surface area contributed by atoms with E-state index in [9.17, 15) is 19.8 Å². The van der Waals surface area contributed by atoms with Gasteiger partial charge in [0.15, 0.2) is 5.60 Å². The van der Waals surface area contributed by atoms with Gasteiger partial charge in [-0.2, -0.15) is 0 Å². The number of halogens is 1. The number of rotatable bonds is 5. The van der Waals surface area contributed by atoms with Crippen LogP contribution in [0.25, 0.3) is 0 Å². The number of Topliss-reactive ketones (excluding diaryl/α,β-unsaturated/α-hetero) is 2. The first kappa shape index (κ1) is 18.6. The number of hydrogen-bond donors (Lipinski definition) is 2. The molecular formula is C18H22ClNO4. The van der Waals surface area contributed by atoms with Crippen molar-refractivity contribution in [3.63, 3.8) is 0 Å². The molecule has 0 aromatic heterocycles. The minimum Gasteiger partial charge on any atom is -0.395 e. The van der Waals surface area contributed by atoms with E-state index in [1.165, 1.54) is 6.20 Å². The minimum atomic E-state index is -2.16. The lowest BCUT2D eigenvalue weighted by Gasteiger charge is -2.33. The zero-order chi connectivity index (χ0) is 18.1. The number of ketones is 2. The summed E-state index contributed by atoms with van der Waals surface area (Å²) in [5, 5.41) is 19.3. The Balaban J connectivity index is 2.53. The van der Waals surface area contributed by atoms with E-state index in [0.29, 0.717) is 11.5 Å². The zero-order valence-corrected chi connectivity index (χ0v) is 14.8. The minimum absolute atomic E-state index is 0.103. The number of nitrogens with zero attached hydrogens (tertiary/aromatic N) is 1. The van der Waals surface area contributed by atoms with Crippen LogP contribution < -0.4 is 0 Å². The van der Waals surface area contributed by atoms with E-state index in [2.05, 4.69) is 13.8 Å². The summed E-state index contributed by atoms with van der Waals surface area (Å²) in [6.45, 7) is 5.49. The van der Waals surface area contributed by atoms with Crippen LogP contribution in [0, 0.1) is 5.92 Å². The number of aliphatic hydroxyl groups is 2. The molecule has 0 spiro atoms. The van der Waals surface area contributed by atoms with Gasteiger partial charge in [-0.3, -0.25) is 9.59 Å². The Bertz CT molecular complexity index is 685. The summed E-state index contributed by atoms with van der Waals surface area (Å²) in [4.78, 5) is 26.3. The first-order valence-corrected chi connectivity index (χ1v) is 8.33. The maximum atomic E-state index is 12.4. The van der Waals surface area contributed by atoms with Gasteiger partial charge >= 0.3 is 0 Å². The zero-order valence-electron chi connectivity index (χ0n) is 14.0. The standard InChI is InChI=1S/C18H22ClNO4/c1-4-11(2)5-6-12-9-13-14(10-20(12)7-8-21)16(22)18(3,24)17(23)15(13)19/h5-6,9-11,21,24H,4,7-8H2,1-3H3/b6-5+/t11-,18-/m0/s1. The molecule has 5 nitrogen and oxygen atoms in total. The van der Waals surface area contributed by atoms with Gasteiger partial charge in [-0.25, -0.2) is 0 Å². The molecule has 0 radical (unpaired) electrons. The van der Waals surface area contributed by atoms with Crippen molar-refractivity contribution in [3.8, 4) is 0 Å². The van der Waals surface area contributed by atoms with Crippen LogP contribution >= 0.6 is 11.6 Å². The smallest absolute Gasteiger partial charge is 0.214 e. The quantitative estimate of drug-likeness (QED) is 0.741. The first-order valence-electron chi connectivity index (χ1n) is 7.95. The summed E-state index contributed by atoms with van der Waals surface area (Å²) in [7, 11) is 0. The normalized spacial score (nSPS) is 25.8. The lowest BCUT2D eigenvalue weighted by molar-refractivity contribution is -0.144. The molecule has 2 atom stereocenters. The van der Waals surface area contributed by atoms with Crippen LogP contribution in [0.2, 0.25) is 0 Å². The molecule has 0 amide bonds. The Kier molecular flexibility index (Phi) is 5.48. The molecule has 2 aliphatic rings. The van der Waals surface area contributed by atoms with Crippen LogP contribution in [0.15, 0.2) is 46.3 Å². The monoisotopic (exact) mass is 351 g/mol. The van der Waals surface area contributed by atoms with Crippen molar-refractivity contribution >= 4 is 23.2 Å². The Morgan fingerprint density at radius 3 is 2.62 bits per heavy atom. The molecule has 6 heteroatoms. The Morgan fingerprint density at radius 1 is 1.38 bits per heavy atom. The molecule has 1 heterocycles. The van der Waals surface area contributed by atoms with Crippen LogP contribution in [-0.4, -0.2) is 45.4 Å². The van der Waals surface area contributed by atoms with Crippen molar-refractivity contribution in [2.75, 3.05) is 13.2 Å². The molecule has 1 aliphatic heterocycles. The molecule has 0 bridgehead atoms. The molecule has 0 fully saturated rings. The molecule has 0 saturated carbocycles. The van der Waals surface area contributed by atoms with E-state index in [1.54, 1.807) is 11.0 Å². The molecule has 130 valence electrons. The molecule has 0 unspecified atom stereocenters. The van der Waals surface area contributed by atoms with Gasteiger partial charge in [0.2, 0.25) is 11.6 Å². The average Bonchev–Trinajstić information content (AvgIpc) is 2.56. The van der Waals surface area contributed by atoms with Crippen molar-refractivity contribution in [1.29, 1.82) is 0 Å². The number of aliphatic hydroxyl groups excluding tert-OH is 1. The topological polar surface area (TPSA) is 77.8 Å². The summed E-state index contributed by atoms with van der Waals surface area (Å²) in [5.74, 6) is -1.11. The van der Waals surface area contributed by atoms with Gasteiger partial charge in [0.25, 0.3) is 0 Å². The molecule has 2 N–H and O–H groups in total. The number of β-amino-alcohol motifs (C(OH)–C–C–N with tert-alkyl or cyclic N) is 1. The van der Waals surface area contributed by atoms with E-state index in [0.717, 1.165) is 19.0 Å². The second-order valence-electron chi connectivity index (χ2n) is 6.23. The van der Waals surface area contributed by atoms with Crippen LogP contribution in [0.4, 0.5) is 0 Å². The number of allylic oxidation sites excluding steroid dienone is 4. The van der Waals surface area contributed by atoms with Crippen molar-refractivity contribution in [2.24, 2.45) is 5.92 Å². The Labute approximate surface area is 146 Å². The number of carbonyl (C=O) groups is 2. The maximum Gasteiger partial charge on any atom is 0.214 e. The molecular weight excluding hydrogens is 330 g/mol. The van der Waals surface area contributed by atoms with E-state index < -0.39 is 17.2 Å². The fraction of sp³-hybridized carbons (Fsp3) is 0.444. The summed E-state index contributed by atoms with van der Waals surface area (Å²) in [6, 6.07) is 0.